The summed E-state index contributed by atoms with van der Waals surface area (Å²) in [6, 6.07) is 10.5. The van der Waals surface area contributed by atoms with Crippen molar-refractivity contribution >= 4 is 17.2 Å². The molecule has 0 saturated heterocycles. The third-order valence-electron chi connectivity index (χ3n) is 5.64. The van der Waals surface area contributed by atoms with Gasteiger partial charge in [0.15, 0.2) is 11.5 Å². The molecule has 3 N–H and O–H groups in total. The minimum absolute atomic E-state index is 0.0213. The van der Waals surface area contributed by atoms with Crippen molar-refractivity contribution in [1.29, 1.82) is 0 Å². The van der Waals surface area contributed by atoms with Gasteiger partial charge in [-0.15, -0.1) is 0 Å². The van der Waals surface area contributed by atoms with E-state index in [1.165, 1.54) is 12.4 Å². The van der Waals surface area contributed by atoms with E-state index in [-0.39, 0.29) is 17.1 Å². The van der Waals surface area contributed by atoms with E-state index in [2.05, 4.69) is 32.2 Å². The molecule has 5 rings (SSSR count). The van der Waals surface area contributed by atoms with Gasteiger partial charge in [0.2, 0.25) is 0 Å². The van der Waals surface area contributed by atoms with Crippen LogP contribution in [-0.4, -0.2) is 34.6 Å². The van der Waals surface area contributed by atoms with Gasteiger partial charge in [-0.25, -0.2) is 9.97 Å². The molecule has 4 heterocycles. The topological polar surface area (TPSA) is 125 Å². The molecule has 0 aliphatic heterocycles. The summed E-state index contributed by atoms with van der Waals surface area (Å²) in [6.45, 7) is 1.79. The van der Waals surface area contributed by atoms with Gasteiger partial charge in [-0.05, 0) is 25.1 Å². The second-order valence-electron chi connectivity index (χ2n) is 8.15. The van der Waals surface area contributed by atoms with Crippen LogP contribution in [0, 0.1) is 11.8 Å². The first-order valence-corrected chi connectivity index (χ1v) is 11.1. The van der Waals surface area contributed by atoms with Crippen LogP contribution in [0.2, 0.25) is 0 Å². The molecule has 0 aliphatic carbocycles. The van der Waals surface area contributed by atoms with Crippen LogP contribution in [0.15, 0.2) is 78.4 Å². The largest absolute Gasteiger partial charge is 0.382 e. The number of hydrogen-bond donors (Lipinski definition) is 2. The van der Waals surface area contributed by atoms with Crippen LogP contribution in [0.5, 0.6) is 0 Å². The lowest BCUT2D eigenvalue weighted by atomic mass is 10.2. The van der Waals surface area contributed by atoms with Crippen molar-refractivity contribution in [2.75, 3.05) is 5.73 Å². The molecule has 0 saturated carbocycles. The molecular weight excluding hydrogens is 456 g/mol. The number of hydrogen-bond acceptors (Lipinski definition) is 6. The van der Waals surface area contributed by atoms with Crippen LogP contribution in [-0.2, 0) is 7.05 Å². The van der Waals surface area contributed by atoms with Gasteiger partial charge in [-0.2, -0.15) is 5.10 Å². The van der Waals surface area contributed by atoms with Gasteiger partial charge in [0, 0.05) is 43.7 Å². The molecule has 4 aromatic heterocycles. The minimum Gasteiger partial charge on any atom is -0.382 e. The zero-order valence-corrected chi connectivity index (χ0v) is 19.6. The Labute approximate surface area is 206 Å². The molecule has 0 radical (unpaired) electrons. The summed E-state index contributed by atoms with van der Waals surface area (Å²) in [5, 5.41) is 7.00. The fourth-order valence-electron chi connectivity index (χ4n) is 3.94. The smallest absolute Gasteiger partial charge is 0.280 e. The molecule has 1 amide bonds. The summed E-state index contributed by atoms with van der Waals surface area (Å²) in [6.07, 6.45) is 9.87. The standard InChI is InChI=1S/C26H22N8O2/c1-17(31-25(35)22-24(27)29-12-11-28-22)21-16-33-13-10-19(9-8-18-14-30-32(2)15-18)23(33)26(36)34(21)20-6-4-3-5-7-20/h3-7,10-17H,1-2H3,(H2,27,29)(H,31,35)/t17-/m0/s1. The number of nitrogens with zero attached hydrogens (tertiary/aromatic N) is 6. The molecular formula is C26H22N8O2. The Balaban J connectivity index is 1.62. The number of nitrogen functional groups attached to an aromatic ring is 1. The number of carbonyl (C=O) groups is 1. The number of anilines is 1. The van der Waals surface area contributed by atoms with E-state index in [0.29, 0.717) is 22.5 Å². The van der Waals surface area contributed by atoms with E-state index in [0.717, 1.165) is 5.56 Å². The van der Waals surface area contributed by atoms with Crippen molar-refractivity contribution in [2.24, 2.45) is 7.05 Å². The summed E-state index contributed by atoms with van der Waals surface area (Å²) in [7, 11) is 1.82. The predicted octanol–water partition coefficient (Wildman–Crippen LogP) is 2.09. The van der Waals surface area contributed by atoms with E-state index in [1.807, 2.05) is 43.6 Å². The number of aromatic nitrogens is 6. The maximum atomic E-state index is 13.9. The van der Waals surface area contributed by atoms with E-state index >= 15 is 0 Å². The van der Waals surface area contributed by atoms with Gasteiger partial charge in [0.25, 0.3) is 11.5 Å². The van der Waals surface area contributed by atoms with Crippen molar-refractivity contribution in [1.82, 2.24) is 34.0 Å². The average molecular weight is 479 g/mol. The number of benzene rings is 1. The zero-order chi connectivity index (χ0) is 25.2. The number of aryl methyl sites for hydroxylation is 1. The SMILES string of the molecule is C[C@H](NC(=O)c1nccnc1N)c1cn2ccc(C#Cc3cnn(C)c3)c2c(=O)n1-c1ccccc1. The summed E-state index contributed by atoms with van der Waals surface area (Å²) < 4.78 is 4.97. The second-order valence-corrected chi connectivity index (χ2v) is 8.15. The lowest BCUT2D eigenvalue weighted by Crippen LogP contribution is -2.33. The van der Waals surface area contributed by atoms with E-state index in [1.54, 1.807) is 45.2 Å². The van der Waals surface area contributed by atoms with Gasteiger partial charge >= 0.3 is 0 Å². The quantitative estimate of drug-likeness (QED) is 0.381. The molecule has 178 valence electrons. The number of fused-ring (bicyclic) bond motifs is 1. The predicted molar refractivity (Wildman–Crippen MR) is 135 cm³/mol. The molecule has 10 heteroatoms. The molecule has 0 fully saturated rings. The Bertz CT molecular complexity index is 1700. The maximum Gasteiger partial charge on any atom is 0.280 e. The molecule has 10 nitrogen and oxygen atoms in total. The number of nitrogens with two attached hydrogens (primary N) is 1. The van der Waals surface area contributed by atoms with Crippen molar-refractivity contribution < 1.29 is 4.79 Å². The highest BCUT2D eigenvalue weighted by Crippen LogP contribution is 2.20. The molecule has 1 atom stereocenters. The Hall–Kier alpha value is -5.17. The molecule has 0 bridgehead atoms. The molecule has 0 unspecified atom stereocenters. The third-order valence-corrected chi connectivity index (χ3v) is 5.64. The monoisotopic (exact) mass is 478 g/mol. The lowest BCUT2D eigenvalue weighted by molar-refractivity contribution is 0.0934. The van der Waals surface area contributed by atoms with Crippen LogP contribution < -0.4 is 16.6 Å². The molecule has 0 spiro atoms. The Morgan fingerprint density at radius 2 is 1.86 bits per heavy atom. The van der Waals surface area contributed by atoms with Crippen molar-refractivity contribution in [3.05, 3.63) is 106 Å². The number of nitrogens with one attached hydrogen (secondary N) is 1. The highest BCUT2D eigenvalue weighted by Gasteiger charge is 2.21. The molecule has 0 aliphatic rings. The average Bonchev–Trinajstić information content (AvgIpc) is 3.49. The molecule has 5 aromatic rings. The Morgan fingerprint density at radius 1 is 1.08 bits per heavy atom. The molecule has 1 aromatic carbocycles. The van der Waals surface area contributed by atoms with Crippen molar-refractivity contribution in [2.45, 2.75) is 13.0 Å². The minimum atomic E-state index is -0.566. The van der Waals surface area contributed by atoms with E-state index in [9.17, 15) is 9.59 Å². The third kappa shape index (κ3) is 4.21. The number of amides is 1. The van der Waals surface area contributed by atoms with Crippen molar-refractivity contribution in [3.8, 4) is 17.5 Å². The Kier molecular flexibility index (Phi) is 5.80. The lowest BCUT2D eigenvalue weighted by Gasteiger charge is -2.20. The maximum absolute atomic E-state index is 13.9. The van der Waals surface area contributed by atoms with Gasteiger partial charge in [-0.1, -0.05) is 30.0 Å². The Morgan fingerprint density at radius 3 is 2.58 bits per heavy atom. The highest BCUT2D eigenvalue weighted by atomic mass is 16.2. The van der Waals surface area contributed by atoms with Crippen LogP contribution in [0.3, 0.4) is 0 Å². The van der Waals surface area contributed by atoms with Crippen LogP contribution in [0.1, 0.15) is 40.3 Å². The van der Waals surface area contributed by atoms with Gasteiger partial charge < -0.3 is 15.5 Å². The highest BCUT2D eigenvalue weighted by molar-refractivity contribution is 5.96. The normalized spacial score (nSPS) is 11.6. The number of rotatable bonds is 4. The summed E-state index contributed by atoms with van der Waals surface area (Å²) in [4.78, 5) is 34.7. The van der Waals surface area contributed by atoms with Crippen molar-refractivity contribution in [3.63, 3.8) is 0 Å². The van der Waals surface area contributed by atoms with Crippen LogP contribution in [0.25, 0.3) is 11.2 Å². The second kappa shape index (κ2) is 9.23. The summed E-state index contributed by atoms with van der Waals surface area (Å²) in [5.74, 6) is 5.68. The first-order chi connectivity index (χ1) is 17.4. The van der Waals surface area contributed by atoms with Gasteiger partial charge in [0.05, 0.1) is 29.1 Å². The van der Waals surface area contributed by atoms with Gasteiger partial charge in [-0.3, -0.25) is 18.8 Å². The number of para-hydroxylation sites is 1. The first-order valence-electron chi connectivity index (χ1n) is 11.1. The number of carbonyl (C=O) groups excluding carboxylic acids is 1. The van der Waals surface area contributed by atoms with Gasteiger partial charge in [0.1, 0.15) is 5.52 Å². The fraction of sp³-hybridized carbons (Fsp3) is 0.115. The fourth-order valence-corrected chi connectivity index (χ4v) is 3.94. The van der Waals surface area contributed by atoms with E-state index in [4.69, 9.17) is 5.73 Å². The van der Waals surface area contributed by atoms with Crippen LogP contribution >= 0.6 is 0 Å². The summed E-state index contributed by atoms with van der Waals surface area (Å²) >= 11 is 0. The van der Waals surface area contributed by atoms with E-state index < -0.39 is 11.9 Å². The first kappa shape index (κ1) is 22.6. The van der Waals surface area contributed by atoms with Crippen LogP contribution in [0.4, 0.5) is 5.82 Å². The molecule has 36 heavy (non-hydrogen) atoms. The zero-order valence-electron chi connectivity index (χ0n) is 19.6. The summed E-state index contributed by atoms with van der Waals surface area (Å²) in [5.41, 5.74) is 8.56.